The summed E-state index contributed by atoms with van der Waals surface area (Å²) in [5, 5.41) is 0.628. The van der Waals surface area contributed by atoms with Crippen molar-refractivity contribution in [2.24, 2.45) is 0 Å². The van der Waals surface area contributed by atoms with Gasteiger partial charge in [-0.2, -0.15) is 4.31 Å². The Bertz CT molecular complexity index is 658. The van der Waals surface area contributed by atoms with Gasteiger partial charge < -0.3 is 9.72 Å². The number of likely N-dealkylation sites (N-methyl/N-ethyl adjacent to an activating group) is 1. The molecule has 2 rings (SSSR count). The molecule has 20 heavy (non-hydrogen) atoms. The van der Waals surface area contributed by atoms with Crippen molar-refractivity contribution in [3.63, 3.8) is 0 Å². The molecule has 1 heterocycles. The van der Waals surface area contributed by atoms with Crippen LogP contribution in [0.1, 0.15) is 0 Å². The molecular formula is C12H14ClN3O3S. The minimum atomic E-state index is -3.55. The Balaban J connectivity index is 1.91. The molecule has 0 saturated carbocycles. The van der Waals surface area contributed by atoms with E-state index in [1.807, 2.05) is 0 Å². The summed E-state index contributed by atoms with van der Waals surface area (Å²) < 4.78 is 30.8. The summed E-state index contributed by atoms with van der Waals surface area (Å²) >= 11 is 5.83. The number of sulfonamides is 1. The van der Waals surface area contributed by atoms with Crippen LogP contribution in [-0.4, -0.2) is 42.9 Å². The first-order valence-electron chi connectivity index (χ1n) is 5.83. The Kier molecular flexibility index (Phi) is 4.64. The Morgan fingerprint density at radius 1 is 1.45 bits per heavy atom. The fourth-order valence-electron chi connectivity index (χ4n) is 1.52. The van der Waals surface area contributed by atoms with E-state index in [1.165, 1.54) is 23.9 Å². The van der Waals surface area contributed by atoms with Crippen LogP contribution in [0.2, 0.25) is 5.02 Å². The first-order valence-corrected chi connectivity index (χ1v) is 7.65. The van der Waals surface area contributed by atoms with Gasteiger partial charge >= 0.3 is 0 Å². The predicted molar refractivity (Wildman–Crippen MR) is 75.4 cm³/mol. The first-order chi connectivity index (χ1) is 9.50. The van der Waals surface area contributed by atoms with Crippen LogP contribution in [0.5, 0.6) is 5.75 Å². The van der Waals surface area contributed by atoms with Gasteiger partial charge in [-0.05, 0) is 18.2 Å². The molecule has 1 aromatic carbocycles. The number of aromatic nitrogens is 2. The molecule has 8 heteroatoms. The summed E-state index contributed by atoms with van der Waals surface area (Å²) in [6.07, 6.45) is 2.59. The monoisotopic (exact) mass is 315 g/mol. The molecule has 0 amide bonds. The summed E-state index contributed by atoms with van der Waals surface area (Å²) in [7, 11) is -2.07. The lowest BCUT2D eigenvalue weighted by Crippen LogP contribution is -2.31. The van der Waals surface area contributed by atoms with Crippen molar-refractivity contribution in [2.45, 2.75) is 5.03 Å². The number of benzene rings is 1. The highest BCUT2D eigenvalue weighted by atomic mass is 35.5. The average molecular weight is 316 g/mol. The van der Waals surface area contributed by atoms with Gasteiger partial charge in [-0.25, -0.2) is 13.4 Å². The van der Waals surface area contributed by atoms with E-state index in [2.05, 4.69) is 9.97 Å². The highest BCUT2D eigenvalue weighted by Gasteiger charge is 2.21. The van der Waals surface area contributed by atoms with Crippen LogP contribution in [-0.2, 0) is 10.0 Å². The number of nitrogens with one attached hydrogen (secondary N) is 1. The molecule has 0 unspecified atom stereocenters. The second kappa shape index (κ2) is 6.25. The molecule has 0 aliphatic carbocycles. The highest BCUT2D eigenvalue weighted by Crippen LogP contribution is 2.17. The maximum atomic E-state index is 12.1. The average Bonchev–Trinajstić information content (AvgIpc) is 2.93. The van der Waals surface area contributed by atoms with Gasteiger partial charge in [-0.15, -0.1) is 0 Å². The second-order valence-corrected chi connectivity index (χ2v) is 6.50. The topological polar surface area (TPSA) is 75.3 Å². The van der Waals surface area contributed by atoms with Gasteiger partial charge in [0.1, 0.15) is 12.4 Å². The number of halogens is 1. The van der Waals surface area contributed by atoms with Gasteiger partial charge in [0, 0.05) is 18.6 Å². The van der Waals surface area contributed by atoms with Gasteiger partial charge in [0.15, 0.2) is 5.03 Å². The number of nitrogens with zero attached hydrogens (tertiary/aromatic N) is 2. The van der Waals surface area contributed by atoms with Gasteiger partial charge in [0.05, 0.1) is 12.5 Å². The van der Waals surface area contributed by atoms with Gasteiger partial charge in [-0.3, -0.25) is 0 Å². The smallest absolute Gasteiger partial charge is 0.259 e. The molecule has 0 radical (unpaired) electrons. The fourth-order valence-corrected chi connectivity index (χ4v) is 2.75. The lowest BCUT2D eigenvalue weighted by atomic mass is 10.3. The van der Waals surface area contributed by atoms with E-state index in [4.69, 9.17) is 16.3 Å². The summed E-state index contributed by atoms with van der Waals surface area (Å²) in [6, 6.07) is 6.94. The van der Waals surface area contributed by atoms with E-state index in [0.717, 1.165) is 0 Å². The Labute approximate surface area is 122 Å². The second-order valence-electron chi connectivity index (χ2n) is 4.05. The van der Waals surface area contributed by atoms with Gasteiger partial charge in [-0.1, -0.05) is 17.7 Å². The molecule has 0 saturated heterocycles. The lowest BCUT2D eigenvalue weighted by Gasteiger charge is -2.16. The number of ether oxygens (including phenoxy) is 1. The van der Waals surface area contributed by atoms with Crippen molar-refractivity contribution in [1.29, 1.82) is 0 Å². The third-order valence-corrected chi connectivity index (χ3v) is 4.65. The van der Waals surface area contributed by atoms with Crippen molar-refractivity contribution >= 4 is 21.6 Å². The molecule has 0 atom stereocenters. The minimum absolute atomic E-state index is 0.0581. The molecule has 108 valence electrons. The summed E-state index contributed by atoms with van der Waals surface area (Å²) in [5.74, 6) is 0.602. The van der Waals surface area contributed by atoms with Gasteiger partial charge in [0.25, 0.3) is 10.0 Å². The van der Waals surface area contributed by atoms with Crippen molar-refractivity contribution < 1.29 is 13.2 Å². The molecule has 2 aromatic rings. The molecule has 1 aromatic heterocycles. The number of aromatic amines is 1. The maximum absolute atomic E-state index is 12.1. The van der Waals surface area contributed by atoms with Crippen molar-refractivity contribution in [3.05, 3.63) is 41.8 Å². The SMILES string of the molecule is CN(CCOc1cccc(Cl)c1)S(=O)(=O)c1cnc[nH]1. The third kappa shape index (κ3) is 3.50. The van der Waals surface area contributed by atoms with E-state index in [0.29, 0.717) is 10.8 Å². The lowest BCUT2D eigenvalue weighted by molar-refractivity contribution is 0.286. The molecule has 0 aliphatic heterocycles. The molecule has 0 fully saturated rings. The summed E-state index contributed by atoms with van der Waals surface area (Å²) in [6.45, 7) is 0.443. The van der Waals surface area contributed by atoms with E-state index >= 15 is 0 Å². The zero-order chi connectivity index (χ0) is 14.6. The quantitative estimate of drug-likeness (QED) is 0.881. The fraction of sp³-hybridized carbons (Fsp3) is 0.250. The van der Waals surface area contributed by atoms with E-state index in [-0.39, 0.29) is 18.2 Å². The Morgan fingerprint density at radius 3 is 2.90 bits per heavy atom. The standard InChI is InChI=1S/C12H14ClN3O3S/c1-16(20(17,18)12-8-14-9-15-12)5-6-19-11-4-2-3-10(13)7-11/h2-4,7-9H,5-6H2,1H3,(H,14,15). The molecule has 6 nitrogen and oxygen atoms in total. The largest absolute Gasteiger partial charge is 0.492 e. The van der Waals surface area contributed by atoms with Gasteiger partial charge in [0.2, 0.25) is 0 Å². The number of rotatable bonds is 6. The van der Waals surface area contributed by atoms with Crippen molar-refractivity contribution in [2.75, 3.05) is 20.2 Å². The molecular weight excluding hydrogens is 302 g/mol. The van der Waals surface area contributed by atoms with Crippen LogP contribution < -0.4 is 4.74 Å². The molecule has 0 spiro atoms. The van der Waals surface area contributed by atoms with Crippen molar-refractivity contribution in [1.82, 2.24) is 14.3 Å². The van der Waals surface area contributed by atoms with Crippen LogP contribution in [0.15, 0.2) is 41.8 Å². The maximum Gasteiger partial charge on any atom is 0.259 e. The minimum Gasteiger partial charge on any atom is -0.492 e. The normalized spacial score (nSPS) is 11.8. The predicted octanol–water partition coefficient (Wildman–Crippen LogP) is 1.76. The van der Waals surface area contributed by atoms with Crippen LogP contribution in [0.25, 0.3) is 0 Å². The van der Waals surface area contributed by atoms with Crippen LogP contribution in [0.3, 0.4) is 0 Å². The molecule has 0 aliphatic rings. The number of imidazole rings is 1. The number of hydrogen-bond donors (Lipinski definition) is 1. The highest BCUT2D eigenvalue weighted by molar-refractivity contribution is 7.89. The van der Waals surface area contributed by atoms with E-state index in [1.54, 1.807) is 24.3 Å². The van der Waals surface area contributed by atoms with Crippen LogP contribution in [0.4, 0.5) is 0 Å². The van der Waals surface area contributed by atoms with Crippen molar-refractivity contribution in [3.8, 4) is 5.75 Å². The molecule has 0 bridgehead atoms. The Morgan fingerprint density at radius 2 is 2.25 bits per heavy atom. The van der Waals surface area contributed by atoms with Crippen LogP contribution >= 0.6 is 11.6 Å². The first kappa shape index (κ1) is 14.8. The van der Waals surface area contributed by atoms with E-state index < -0.39 is 10.0 Å². The van der Waals surface area contributed by atoms with E-state index in [9.17, 15) is 8.42 Å². The zero-order valence-electron chi connectivity index (χ0n) is 10.8. The van der Waals surface area contributed by atoms with Crippen LogP contribution in [0, 0.1) is 0 Å². The zero-order valence-corrected chi connectivity index (χ0v) is 12.4. The number of H-pyrrole nitrogens is 1. The summed E-state index contributed by atoms with van der Waals surface area (Å²) in [4.78, 5) is 6.28. The Hall–Kier alpha value is -1.57. The third-order valence-electron chi connectivity index (χ3n) is 2.63. The summed E-state index contributed by atoms with van der Waals surface area (Å²) in [5.41, 5.74) is 0. The molecule has 1 N–H and O–H groups in total. The number of hydrogen-bond acceptors (Lipinski definition) is 4.